The van der Waals surface area contributed by atoms with Gasteiger partial charge in [-0.15, -0.1) is 0 Å². The summed E-state index contributed by atoms with van der Waals surface area (Å²) in [6, 6.07) is 16.4. The van der Waals surface area contributed by atoms with Crippen molar-refractivity contribution in [2.24, 2.45) is 5.92 Å². The standard InChI is InChI=1S/C27H32FN5O/c1-3-32(4-2)24-13-7-20(8-14-24)18-30-27(34)22-6-5-17-33(19-22)25-15-16-29-26(31-25)21-9-11-23(28)12-10-21/h7-16,22H,3-6,17-19H2,1-2H3,(H,30,34)/t22-/m1/s1. The summed E-state index contributed by atoms with van der Waals surface area (Å²) in [5.41, 5.74) is 3.06. The number of nitrogens with one attached hydrogen (secondary N) is 1. The lowest BCUT2D eigenvalue weighted by molar-refractivity contribution is -0.125. The highest BCUT2D eigenvalue weighted by atomic mass is 19.1. The van der Waals surface area contributed by atoms with Gasteiger partial charge in [-0.05, 0) is 74.7 Å². The highest BCUT2D eigenvalue weighted by molar-refractivity contribution is 5.79. The van der Waals surface area contributed by atoms with Gasteiger partial charge in [-0.2, -0.15) is 0 Å². The Morgan fingerprint density at radius 2 is 1.82 bits per heavy atom. The van der Waals surface area contributed by atoms with Gasteiger partial charge in [0, 0.05) is 50.2 Å². The molecule has 1 saturated heterocycles. The highest BCUT2D eigenvalue weighted by Crippen LogP contribution is 2.24. The van der Waals surface area contributed by atoms with Crippen molar-refractivity contribution in [3.05, 3.63) is 72.2 Å². The second-order valence-corrected chi connectivity index (χ2v) is 8.59. The first-order valence-corrected chi connectivity index (χ1v) is 12.0. The van der Waals surface area contributed by atoms with Gasteiger partial charge in [0.25, 0.3) is 0 Å². The van der Waals surface area contributed by atoms with Gasteiger partial charge in [0.05, 0.1) is 5.92 Å². The van der Waals surface area contributed by atoms with E-state index in [1.54, 1.807) is 18.3 Å². The normalized spacial score (nSPS) is 15.7. The summed E-state index contributed by atoms with van der Waals surface area (Å²) >= 11 is 0. The van der Waals surface area contributed by atoms with E-state index in [9.17, 15) is 9.18 Å². The van der Waals surface area contributed by atoms with Crippen molar-refractivity contribution in [3.63, 3.8) is 0 Å². The van der Waals surface area contributed by atoms with Crippen LogP contribution in [0.5, 0.6) is 0 Å². The van der Waals surface area contributed by atoms with Gasteiger partial charge < -0.3 is 15.1 Å². The Bertz CT molecular complexity index is 1080. The molecule has 0 radical (unpaired) electrons. The van der Waals surface area contributed by atoms with Gasteiger partial charge in [-0.25, -0.2) is 14.4 Å². The maximum Gasteiger partial charge on any atom is 0.225 e. The molecule has 3 aromatic rings. The Balaban J connectivity index is 1.36. The molecule has 1 amide bonds. The number of halogens is 1. The molecule has 0 bridgehead atoms. The number of piperidine rings is 1. The molecule has 0 aliphatic carbocycles. The zero-order valence-corrected chi connectivity index (χ0v) is 19.9. The zero-order chi connectivity index (χ0) is 23.9. The minimum atomic E-state index is -0.287. The number of anilines is 2. The van der Waals surface area contributed by atoms with Crippen LogP contribution in [-0.2, 0) is 11.3 Å². The Morgan fingerprint density at radius 1 is 1.09 bits per heavy atom. The van der Waals surface area contributed by atoms with Crippen molar-refractivity contribution in [1.82, 2.24) is 15.3 Å². The summed E-state index contributed by atoms with van der Waals surface area (Å²) in [6.07, 6.45) is 3.50. The summed E-state index contributed by atoms with van der Waals surface area (Å²) in [6.45, 7) is 8.23. The van der Waals surface area contributed by atoms with Crippen molar-refractivity contribution in [1.29, 1.82) is 0 Å². The number of carbonyl (C=O) groups excluding carboxylic acids is 1. The fourth-order valence-corrected chi connectivity index (χ4v) is 4.41. The second kappa shape index (κ2) is 11.1. The van der Waals surface area contributed by atoms with Gasteiger partial charge in [0.15, 0.2) is 5.82 Å². The van der Waals surface area contributed by atoms with E-state index in [1.807, 2.05) is 6.07 Å². The van der Waals surface area contributed by atoms with Crippen LogP contribution in [0.4, 0.5) is 15.9 Å². The van der Waals surface area contributed by atoms with Crippen LogP contribution in [0.1, 0.15) is 32.3 Å². The second-order valence-electron chi connectivity index (χ2n) is 8.59. The molecule has 1 atom stereocenters. The molecular weight excluding hydrogens is 429 g/mol. The van der Waals surface area contributed by atoms with Crippen LogP contribution in [0.25, 0.3) is 11.4 Å². The lowest BCUT2D eigenvalue weighted by Crippen LogP contribution is -2.43. The first kappa shape index (κ1) is 23.7. The quantitative estimate of drug-likeness (QED) is 0.529. The smallest absolute Gasteiger partial charge is 0.225 e. The molecule has 178 valence electrons. The zero-order valence-electron chi connectivity index (χ0n) is 19.9. The molecule has 34 heavy (non-hydrogen) atoms. The Morgan fingerprint density at radius 3 is 2.53 bits per heavy atom. The average molecular weight is 462 g/mol. The molecule has 7 heteroatoms. The predicted octanol–water partition coefficient (Wildman–Crippen LogP) is 4.66. The SMILES string of the molecule is CCN(CC)c1ccc(CNC(=O)[C@@H]2CCCN(c3ccnc(-c4ccc(F)cc4)n3)C2)cc1. The monoisotopic (exact) mass is 461 g/mol. The molecular formula is C27H32FN5O. The Labute approximate surface area is 200 Å². The first-order valence-electron chi connectivity index (χ1n) is 12.0. The van der Waals surface area contributed by atoms with E-state index in [0.29, 0.717) is 18.9 Å². The van der Waals surface area contributed by atoms with Gasteiger partial charge in [0.2, 0.25) is 5.91 Å². The maximum atomic E-state index is 13.3. The Hall–Kier alpha value is -3.48. The van der Waals surface area contributed by atoms with Gasteiger partial charge in [0.1, 0.15) is 11.6 Å². The van der Waals surface area contributed by atoms with E-state index in [2.05, 4.69) is 63.2 Å². The first-order chi connectivity index (χ1) is 16.6. The largest absolute Gasteiger partial charge is 0.372 e. The van der Waals surface area contributed by atoms with Gasteiger partial charge >= 0.3 is 0 Å². The molecule has 1 aliphatic heterocycles. The van der Waals surface area contributed by atoms with E-state index in [4.69, 9.17) is 0 Å². The topological polar surface area (TPSA) is 61.4 Å². The van der Waals surface area contributed by atoms with Crippen molar-refractivity contribution < 1.29 is 9.18 Å². The molecule has 2 aromatic carbocycles. The third kappa shape index (κ3) is 5.71. The molecule has 0 saturated carbocycles. The van der Waals surface area contributed by atoms with Crippen LogP contribution >= 0.6 is 0 Å². The highest BCUT2D eigenvalue weighted by Gasteiger charge is 2.26. The maximum absolute atomic E-state index is 13.3. The predicted molar refractivity (Wildman–Crippen MR) is 134 cm³/mol. The number of hydrogen-bond donors (Lipinski definition) is 1. The summed E-state index contributed by atoms with van der Waals surface area (Å²) in [4.78, 5) is 26.4. The molecule has 2 heterocycles. The number of aromatic nitrogens is 2. The number of rotatable bonds is 8. The number of hydrogen-bond acceptors (Lipinski definition) is 5. The van der Waals surface area contributed by atoms with Crippen LogP contribution in [-0.4, -0.2) is 42.1 Å². The van der Waals surface area contributed by atoms with Crippen molar-refractivity contribution in [3.8, 4) is 11.4 Å². The third-order valence-electron chi connectivity index (χ3n) is 6.39. The fraction of sp³-hybridized carbons (Fsp3) is 0.370. The molecule has 1 fully saturated rings. The molecule has 1 N–H and O–H groups in total. The molecule has 4 rings (SSSR count). The van der Waals surface area contributed by atoms with Crippen LogP contribution in [0.15, 0.2) is 60.8 Å². The fourth-order valence-electron chi connectivity index (χ4n) is 4.41. The summed E-state index contributed by atoms with van der Waals surface area (Å²) in [5, 5.41) is 3.11. The lowest BCUT2D eigenvalue weighted by atomic mass is 9.97. The summed E-state index contributed by atoms with van der Waals surface area (Å²) < 4.78 is 13.3. The van der Waals surface area contributed by atoms with Crippen LogP contribution < -0.4 is 15.1 Å². The van der Waals surface area contributed by atoms with E-state index in [0.717, 1.165) is 49.4 Å². The lowest BCUT2D eigenvalue weighted by Gasteiger charge is -2.33. The van der Waals surface area contributed by atoms with E-state index < -0.39 is 0 Å². The minimum absolute atomic E-state index is 0.0744. The van der Waals surface area contributed by atoms with Gasteiger partial charge in [-0.1, -0.05) is 12.1 Å². The molecule has 1 aliphatic rings. The van der Waals surface area contributed by atoms with Crippen LogP contribution in [0.2, 0.25) is 0 Å². The van der Waals surface area contributed by atoms with Crippen molar-refractivity contribution >= 4 is 17.4 Å². The summed E-state index contributed by atoms with van der Waals surface area (Å²) in [7, 11) is 0. The molecule has 0 unspecified atom stereocenters. The average Bonchev–Trinajstić information content (AvgIpc) is 2.89. The van der Waals surface area contributed by atoms with E-state index in [1.165, 1.54) is 17.8 Å². The molecule has 6 nitrogen and oxygen atoms in total. The third-order valence-corrected chi connectivity index (χ3v) is 6.39. The van der Waals surface area contributed by atoms with Crippen molar-refractivity contribution in [2.75, 3.05) is 36.0 Å². The minimum Gasteiger partial charge on any atom is -0.372 e. The van der Waals surface area contributed by atoms with E-state index in [-0.39, 0.29) is 17.6 Å². The molecule has 1 aromatic heterocycles. The number of benzene rings is 2. The number of carbonyl (C=O) groups is 1. The number of nitrogens with zero attached hydrogens (tertiary/aromatic N) is 4. The van der Waals surface area contributed by atoms with Gasteiger partial charge in [-0.3, -0.25) is 4.79 Å². The van der Waals surface area contributed by atoms with Crippen LogP contribution in [0.3, 0.4) is 0 Å². The van der Waals surface area contributed by atoms with Crippen molar-refractivity contribution in [2.45, 2.75) is 33.2 Å². The Kier molecular flexibility index (Phi) is 7.72. The van der Waals surface area contributed by atoms with Crippen LogP contribution in [0, 0.1) is 11.7 Å². The number of amides is 1. The van der Waals surface area contributed by atoms with E-state index >= 15 is 0 Å². The molecule has 0 spiro atoms. The summed E-state index contributed by atoms with van der Waals surface area (Å²) in [5.74, 6) is 1.04.